The van der Waals surface area contributed by atoms with Gasteiger partial charge in [-0.25, -0.2) is 4.68 Å². The fraction of sp³-hybridized carbons (Fsp3) is 0.440. The number of anilines is 1. The van der Waals surface area contributed by atoms with Crippen LogP contribution >= 0.6 is 11.6 Å². The van der Waals surface area contributed by atoms with Gasteiger partial charge in [-0.2, -0.15) is 0 Å². The molecule has 1 saturated heterocycles. The van der Waals surface area contributed by atoms with Crippen molar-refractivity contribution in [3.05, 3.63) is 63.9 Å². The summed E-state index contributed by atoms with van der Waals surface area (Å²) >= 11 is 6.12. The molecule has 0 spiro atoms. The summed E-state index contributed by atoms with van der Waals surface area (Å²) in [7, 11) is 0. The fourth-order valence-electron chi connectivity index (χ4n) is 5.10. The van der Waals surface area contributed by atoms with E-state index in [1.54, 1.807) is 12.1 Å². The highest BCUT2D eigenvalue weighted by molar-refractivity contribution is 6.30. The Morgan fingerprint density at radius 1 is 0.970 bits per heavy atom. The van der Waals surface area contributed by atoms with Gasteiger partial charge < -0.3 is 9.80 Å². The number of carbonyl (C=O) groups excluding carboxylic acids is 1. The highest BCUT2D eigenvalue weighted by Gasteiger charge is 2.31. The van der Waals surface area contributed by atoms with Crippen LogP contribution in [0.4, 0.5) is 5.69 Å². The van der Waals surface area contributed by atoms with Crippen molar-refractivity contribution in [3.63, 3.8) is 0 Å². The molecule has 7 nitrogen and oxygen atoms in total. The van der Waals surface area contributed by atoms with Gasteiger partial charge in [0.1, 0.15) is 5.52 Å². The van der Waals surface area contributed by atoms with E-state index in [9.17, 15) is 9.59 Å². The van der Waals surface area contributed by atoms with Crippen molar-refractivity contribution in [2.75, 3.05) is 31.1 Å². The number of amides is 1. The molecule has 0 N–H and O–H groups in total. The molecular weight excluding hydrogens is 438 g/mol. The smallest absolute Gasteiger partial charge is 0.277 e. The van der Waals surface area contributed by atoms with Gasteiger partial charge in [-0.3, -0.25) is 9.59 Å². The average molecular weight is 466 g/mol. The molecule has 1 amide bonds. The van der Waals surface area contributed by atoms with Crippen molar-refractivity contribution in [2.24, 2.45) is 11.8 Å². The molecule has 0 unspecified atom stereocenters. The maximum Gasteiger partial charge on any atom is 0.277 e. The lowest BCUT2D eigenvalue weighted by atomic mass is 9.81. The van der Waals surface area contributed by atoms with Gasteiger partial charge in [0, 0.05) is 49.4 Å². The minimum Gasteiger partial charge on any atom is -0.368 e. The number of aromatic nitrogens is 3. The van der Waals surface area contributed by atoms with E-state index in [-0.39, 0.29) is 17.4 Å². The summed E-state index contributed by atoms with van der Waals surface area (Å²) in [5.74, 6) is 0.710. The average Bonchev–Trinajstić information content (AvgIpc) is 2.86. The van der Waals surface area contributed by atoms with Crippen LogP contribution in [0, 0.1) is 11.8 Å². The third kappa shape index (κ3) is 4.74. The zero-order valence-electron chi connectivity index (χ0n) is 18.6. The van der Waals surface area contributed by atoms with E-state index in [1.165, 1.54) is 4.68 Å². The molecule has 1 aromatic heterocycles. The number of halogens is 1. The van der Waals surface area contributed by atoms with Crippen LogP contribution in [0.25, 0.3) is 10.9 Å². The second kappa shape index (κ2) is 9.51. The second-order valence-electron chi connectivity index (χ2n) is 9.10. The van der Waals surface area contributed by atoms with E-state index in [4.69, 9.17) is 11.6 Å². The number of carbonyl (C=O) groups is 1. The van der Waals surface area contributed by atoms with E-state index in [0.717, 1.165) is 62.6 Å². The Labute approximate surface area is 197 Å². The minimum absolute atomic E-state index is 0.0818. The molecule has 172 valence electrons. The first kappa shape index (κ1) is 21.9. The Morgan fingerprint density at radius 3 is 2.48 bits per heavy atom. The standard InChI is InChI=1S/C25H28ClN5O2/c26-20-4-3-5-21(16-20)29-12-14-30(15-13-29)24(32)19-10-8-18(9-11-19)17-31-25(33)22-6-1-2-7-23(22)27-28-31/h1-7,16,18-19H,8-15,17H2. The summed E-state index contributed by atoms with van der Waals surface area (Å²) in [6.07, 6.45) is 3.60. The van der Waals surface area contributed by atoms with Crippen LogP contribution in [0.2, 0.25) is 5.02 Å². The maximum atomic E-state index is 13.1. The molecule has 1 aliphatic carbocycles. The summed E-state index contributed by atoms with van der Waals surface area (Å²) in [6, 6.07) is 15.2. The number of rotatable bonds is 4. The monoisotopic (exact) mass is 465 g/mol. The van der Waals surface area contributed by atoms with Gasteiger partial charge >= 0.3 is 0 Å². The normalized spacial score (nSPS) is 21.4. The molecule has 2 heterocycles. The van der Waals surface area contributed by atoms with Crippen molar-refractivity contribution < 1.29 is 4.79 Å². The fourth-order valence-corrected chi connectivity index (χ4v) is 5.28. The third-order valence-electron chi connectivity index (χ3n) is 7.02. The largest absolute Gasteiger partial charge is 0.368 e. The van der Waals surface area contributed by atoms with E-state index in [0.29, 0.717) is 23.4 Å². The lowest BCUT2D eigenvalue weighted by Gasteiger charge is -2.38. The number of benzene rings is 2. The summed E-state index contributed by atoms with van der Waals surface area (Å²) in [6.45, 7) is 3.70. The first-order valence-electron chi connectivity index (χ1n) is 11.7. The number of fused-ring (bicyclic) bond motifs is 1. The van der Waals surface area contributed by atoms with Crippen LogP contribution < -0.4 is 10.5 Å². The van der Waals surface area contributed by atoms with Crippen LogP contribution in [0.3, 0.4) is 0 Å². The maximum absolute atomic E-state index is 13.1. The third-order valence-corrected chi connectivity index (χ3v) is 7.26. The SMILES string of the molecule is O=C(C1CCC(Cn2nnc3ccccc3c2=O)CC1)N1CCN(c2cccc(Cl)c2)CC1. The van der Waals surface area contributed by atoms with Crippen molar-refractivity contribution in [3.8, 4) is 0 Å². The molecule has 2 aliphatic rings. The zero-order valence-corrected chi connectivity index (χ0v) is 19.3. The van der Waals surface area contributed by atoms with Crippen LogP contribution in [-0.2, 0) is 11.3 Å². The lowest BCUT2D eigenvalue weighted by Crippen LogP contribution is -2.50. The molecule has 3 aromatic rings. The van der Waals surface area contributed by atoms with E-state index in [2.05, 4.69) is 21.3 Å². The highest BCUT2D eigenvalue weighted by atomic mass is 35.5. The van der Waals surface area contributed by atoms with Crippen LogP contribution in [0.1, 0.15) is 25.7 Å². The minimum atomic E-state index is -0.0867. The zero-order chi connectivity index (χ0) is 22.8. The second-order valence-corrected chi connectivity index (χ2v) is 9.54. The van der Waals surface area contributed by atoms with Crippen molar-refractivity contribution in [1.29, 1.82) is 0 Å². The first-order chi connectivity index (χ1) is 16.1. The van der Waals surface area contributed by atoms with Crippen molar-refractivity contribution in [2.45, 2.75) is 32.2 Å². The van der Waals surface area contributed by atoms with Crippen molar-refractivity contribution >= 4 is 34.1 Å². The number of piperazine rings is 1. The lowest BCUT2D eigenvalue weighted by molar-refractivity contribution is -0.137. The Hall–Kier alpha value is -2.93. The van der Waals surface area contributed by atoms with Gasteiger partial charge in [-0.15, -0.1) is 5.10 Å². The van der Waals surface area contributed by atoms with Crippen LogP contribution in [0.5, 0.6) is 0 Å². The summed E-state index contributed by atoms with van der Waals surface area (Å²) < 4.78 is 1.49. The van der Waals surface area contributed by atoms with Crippen LogP contribution in [0.15, 0.2) is 53.3 Å². The Kier molecular flexibility index (Phi) is 6.31. The van der Waals surface area contributed by atoms with Gasteiger partial charge in [-0.1, -0.05) is 35.0 Å². The molecule has 2 aromatic carbocycles. The molecule has 0 atom stereocenters. The molecule has 33 heavy (non-hydrogen) atoms. The topological polar surface area (TPSA) is 71.3 Å². The van der Waals surface area contributed by atoms with Gasteiger partial charge in [0.2, 0.25) is 5.91 Å². The predicted octanol–water partition coefficient (Wildman–Crippen LogP) is 3.60. The first-order valence-corrected chi connectivity index (χ1v) is 12.1. The van der Waals surface area contributed by atoms with E-state index in [1.807, 2.05) is 35.2 Å². The van der Waals surface area contributed by atoms with Gasteiger partial charge in [-0.05, 0) is 61.9 Å². The molecule has 5 rings (SSSR count). The molecule has 0 radical (unpaired) electrons. The number of nitrogens with zero attached hydrogens (tertiary/aromatic N) is 5. The van der Waals surface area contributed by atoms with Crippen LogP contribution in [-0.4, -0.2) is 52.0 Å². The summed E-state index contributed by atoms with van der Waals surface area (Å²) in [5, 5.41) is 9.66. The van der Waals surface area contributed by atoms with E-state index >= 15 is 0 Å². The molecule has 1 aliphatic heterocycles. The number of hydrogen-bond acceptors (Lipinski definition) is 5. The highest BCUT2D eigenvalue weighted by Crippen LogP contribution is 2.31. The van der Waals surface area contributed by atoms with Crippen molar-refractivity contribution in [1.82, 2.24) is 19.9 Å². The molecule has 1 saturated carbocycles. The summed E-state index contributed by atoms with van der Waals surface area (Å²) in [5.41, 5.74) is 1.65. The van der Waals surface area contributed by atoms with Gasteiger partial charge in [0.05, 0.1) is 5.39 Å². The van der Waals surface area contributed by atoms with Gasteiger partial charge in [0.15, 0.2) is 0 Å². The predicted molar refractivity (Wildman–Crippen MR) is 129 cm³/mol. The molecule has 0 bridgehead atoms. The molecule has 8 heteroatoms. The molecular formula is C25H28ClN5O2. The Bertz CT molecular complexity index is 1200. The molecule has 2 fully saturated rings. The Morgan fingerprint density at radius 2 is 1.73 bits per heavy atom. The quantitative estimate of drug-likeness (QED) is 0.588. The van der Waals surface area contributed by atoms with Gasteiger partial charge in [0.25, 0.3) is 5.56 Å². The van der Waals surface area contributed by atoms with E-state index < -0.39 is 0 Å². The Balaban J connectivity index is 1.14. The number of hydrogen-bond donors (Lipinski definition) is 0. The summed E-state index contributed by atoms with van der Waals surface area (Å²) in [4.78, 5) is 30.1.